The molecule has 1 fully saturated rings. The topological polar surface area (TPSA) is 68.8 Å². The maximum absolute atomic E-state index is 12.1. The Morgan fingerprint density at radius 2 is 2.21 bits per heavy atom. The monoisotopic (exact) mass is 336 g/mol. The number of hydrogen-bond acceptors (Lipinski definition) is 5. The lowest BCUT2D eigenvalue weighted by molar-refractivity contribution is -0.128. The molecule has 1 aliphatic rings. The minimum atomic E-state index is -0.432. The summed E-state index contributed by atoms with van der Waals surface area (Å²) in [5.74, 6) is -0.121. The van der Waals surface area contributed by atoms with Crippen LogP contribution < -0.4 is 10.6 Å². The van der Waals surface area contributed by atoms with Crippen molar-refractivity contribution >= 4 is 11.6 Å². The van der Waals surface area contributed by atoms with E-state index in [2.05, 4.69) is 17.6 Å². The van der Waals surface area contributed by atoms with Crippen molar-refractivity contribution in [3.05, 3.63) is 29.8 Å². The number of amides is 1. The molecular weight excluding hydrogens is 308 g/mol. The van der Waals surface area contributed by atoms with Gasteiger partial charge in [-0.2, -0.15) is 0 Å². The smallest absolute Gasteiger partial charge is 0.254 e. The van der Waals surface area contributed by atoms with Gasteiger partial charge in [0.15, 0.2) is 0 Å². The van der Waals surface area contributed by atoms with Crippen LogP contribution in [0.25, 0.3) is 0 Å². The van der Waals surface area contributed by atoms with Gasteiger partial charge in [0, 0.05) is 25.4 Å². The number of rotatable bonds is 10. The summed E-state index contributed by atoms with van der Waals surface area (Å²) in [6, 6.07) is 7.68. The predicted octanol–water partition coefficient (Wildman–Crippen LogP) is 1.95. The molecule has 6 heteroatoms. The Morgan fingerprint density at radius 3 is 3.00 bits per heavy atom. The highest BCUT2D eigenvalue weighted by molar-refractivity contribution is 5.94. The second-order valence-electron chi connectivity index (χ2n) is 5.77. The zero-order valence-electron chi connectivity index (χ0n) is 14.4. The van der Waals surface area contributed by atoms with E-state index in [9.17, 15) is 4.79 Å². The standard InChI is InChI=1S/C18H28N2O4/c1-2-3-8-22-10-11-23-14-15-5-4-6-16(12-15)20-18(21)17-13-19-7-9-24-17/h4-6,12,17,19H,2-3,7-11,13-14H2,1H3,(H,20,21). The summed E-state index contributed by atoms with van der Waals surface area (Å²) in [5, 5.41) is 6.04. The number of ether oxygens (including phenoxy) is 3. The van der Waals surface area contributed by atoms with Gasteiger partial charge in [0.05, 0.1) is 26.4 Å². The molecule has 0 saturated carbocycles. The van der Waals surface area contributed by atoms with Gasteiger partial charge in [0.25, 0.3) is 5.91 Å². The van der Waals surface area contributed by atoms with Crippen LogP contribution in [0, 0.1) is 0 Å². The van der Waals surface area contributed by atoms with Gasteiger partial charge in [-0.1, -0.05) is 25.5 Å². The van der Waals surface area contributed by atoms with E-state index in [0.29, 0.717) is 33.0 Å². The van der Waals surface area contributed by atoms with Crippen molar-refractivity contribution in [1.29, 1.82) is 0 Å². The van der Waals surface area contributed by atoms with Crippen LogP contribution in [0.1, 0.15) is 25.3 Å². The Hall–Kier alpha value is -1.47. The summed E-state index contributed by atoms with van der Waals surface area (Å²) in [6.45, 7) is 6.52. The molecule has 0 spiro atoms. The third-order valence-corrected chi connectivity index (χ3v) is 3.70. The van der Waals surface area contributed by atoms with E-state index in [0.717, 1.165) is 37.2 Å². The Morgan fingerprint density at radius 1 is 1.33 bits per heavy atom. The van der Waals surface area contributed by atoms with Crippen molar-refractivity contribution in [1.82, 2.24) is 5.32 Å². The lowest BCUT2D eigenvalue weighted by Crippen LogP contribution is -2.45. The molecular formula is C18H28N2O4. The lowest BCUT2D eigenvalue weighted by atomic mass is 10.2. The molecule has 0 radical (unpaired) electrons. The molecule has 0 aromatic heterocycles. The summed E-state index contributed by atoms with van der Waals surface area (Å²) < 4.78 is 16.5. The fraction of sp³-hybridized carbons (Fsp3) is 0.611. The van der Waals surface area contributed by atoms with Crippen LogP contribution in [-0.2, 0) is 25.6 Å². The maximum atomic E-state index is 12.1. The van der Waals surface area contributed by atoms with Gasteiger partial charge in [0.2, 0.25) is 0 Å². The van der Waals surface area contributed by atoms with Crippen molar-refractivity contribution in [3.8, 4) is 0 Å². The molecule has 1 unspecified atom stereocenters. The van der Waals surface area contributed by atoms with Crippen LogP contribution in [0.2, 0.25) is 0 Å². The fourth-order valence-electron chi connectivity index (χ4n) is 2.35. The summed E-state index contributed by atoms with van der Waals surface area (Å²) in [4.78, 5) is 12.1. The molecule has 1 amide bonds. The molecule has 6 nitrogen and oxygen atoms in total. The quantitative estimate of drug-likeness (QED) is 0.639. The van der Waals surface area contributed by atoms with E-state index >= 15 is 0 Å². The number of carbonyl (C=O) groups is 1. The number of unbranched alkanes of at least 4 members (excludes halogenated alkanes) is 1. The molecule has 1 aromatic rings. The first-order valence-electron chi connectivity index (χ1n) is 8.67. The number of benzene rings is 1. The minimum Gasteiger partial charge on any atom is -0.379 e. The van der Waals surface area contributed by atoms with Gasteiger partial charge in [-0.15, -0.1) is 0 Å². The Kier molecular flexibility index (Phi) is 8.76. The average molecular weight is 336 g/mol. The van der Waals surface area contributed by atoms with Crippen LogP contribution in [0.3, 0.4) is 0 Å². The van der Waals surface area contributed by atoms with Crippen LogP contribution >= 0.6 is 0 Å². The number of nitrogens with one attached hydrogen (secondary N) is 2. The number of morpholine rings is 1. The Balaban J connectivity index is 1.69. The molecule has 1 atom stereocenters. The Labute approximate surface area is 143 Å². The fourth-order valence-corrected chi connectivity index (χ4v) is 2.35. The first-order valence-corrected chi connectivity index (χ1v) is 8.67. The van der Waals surface area contributed by atoms with E-state index in [4.69, 9.17) is 14.2 Å². The molecule has 0 aliphatic carbocycles. The Bertz CT molecular complexity index is 490. The van der Waals surface area contributed by atoms with E-state index in [-0.39, 0.29) is 5.91 Å². The van der Waals surface area contributed by atoms with Crippen LogP contribution in [-0.4, -0.2) is 51.5 Å². The summed E-state index contributed by atoms with van der Waals surface area (Å²) >= 11 is 0. The minimum absolute atomic E-state index is 0.121. The molecule has 1 aliphatic heterocycles. The van der Waals surface area contributed by atoms with Gasteiger partial charge in [-0.25, -0.2) is 0 Å². The zero-order chi connectivity index (χ0) is 17.0. The first-order chi connectivity index (χ1) is 11.8. The molecule has 1 aromatic carbocycles. The van der Waals surface area contributed by atoms with E-state index in [1.54, 1.807) is 0 Å². The van der Waals surface area contributed by atoms with Crippen molar-refractivity contribution < 1.29 is 19.0 Å². The second-order valence-corrected chi connectivity index (χ2v) is 5.77. The summed E-state index contributed by atoms with van der Waals surface area (Å²) in [5.41, 5.74) is 1.78. The van der Waals surface area contributed by atoms with E-state index in [1.807, 2.05) is 24.3 Å². The first kappa shape index (κ1) is 18.9. The van der Waals surface area contributed by atoms with Crippen LogP contribution in [0.5, 0.6) is 0 Å². The zero-order valence-corrected chi connectivity index (χ0v) is 14.4. The predicted molar refractivity (Wildman–Crippen MR) is 93.1 cm³/mol. The molecule has 2 rings (SSSR count). The van der Waals surface area contributed by atoms with E-state index in [1.165, 1.54) is 0 Å². The average Bonchev–Trinajstić information content (AvgIpc) is 2.62. The highest BCUT2D eigenvalue weighted by atomic mass is 16.5. The third-order valence-electron chi connectivity index (χ3n) is 3.70. The van der Waals surface area contributed by atoms with Crippen molar-refractivity contribution in [2.45, 2.75) is 32.5 Å². The largest absolute Gasteiger partial charge is 0.379 e. The molecule has 0 bridgehead atoms. The molecule has 1 heterocycles. The lowest BCUT2D eigenvalue weighted by Gasteiger charge is -2.22. The van der Waals surface area contributed by atoms with E-state index < -0.39 is 6.10 Å². The second kappa shape index (κ2) is 11.1. The molecule has 1 saturated heterocycles. The highest BCUT2D eigenvalue weighted by Crippen LogP contribution is 2.13. The molecule has 134 valence electrons. The van der Waals surface area contributed by atoms with Crippen LogP contribution in [0.15, 0.2) is 24.3 Å². The van der Waals surface area contributed by atoms with Gasteiger partial charge in [0.1, 0.15) is 6.10 Å². The normalized spacial score (nSPS) is 17.6. The summed E-state index contributed by atoms with van der Waals surface area (Å²) in [6.07, 6.45) is 1.79. The number of carbonyl (C=O) groups excluding carboxylic acids is 1. The molecule has 2 N–H and O–H groups in total. The maximum Gasteiger partial charge on any atom is 0.254 e. The third kappa shape index (κ3) is 6.97. The summed E-state index contributed by atoms with van der Waals surface area (Å²) in [7, 11) is 0. The van der Waals surface area contributed by atoms with Crippen molar-refractivity contribution in [2.75, 3.05) is 44.8 Å². The van der Waals surface area contributed by atoms with Gasteiger partial charge in [-0.3, -0.25) is 4.79 Å². The van der Waals surface area contributed by atoms with Gasteiger partial charge < -0.3 is 24.8 Å². The van der Waals surface area contributed by atoms with Crippen molar-refractivity contribution in [2.24, 2.45) is 0 Å². The van der Waals surface area contributed by atoms with Crippen LogP contribution in [0.4, 0.5) is 5.69 Å². The highest BCUT2D eigenvalue weighted by Gasteiger charge is 2.21. The van der Waals surface area contributed by atoms with Gasteiger partial charge in [-0.05, 0) is 24.1 Å². The number of hydrogen-bond donors (Lipinski definition) is 2. The number of anilines is 1. The molecule has 24 heavy (non-hydrogen) atoms. The SMILES string of the molecule is CCCCOCCOCc1cccc(NC(=O)C2CNCCO2)c1. The van der Waals surface area contributed by atoms with Crippen molar-refractivity contribution in [3.63, 3.8) is 0 Å². The van der Waals surface area contributed by atoms with Gasteiger partial charge >= 0.3 is 0 Å².